The third-order valence-corrected chi connectivity index (χ3v) is 4.22. The van der Waals surface area contributed by atoms with Crippen molar-refractivity contribution in [2.45, 2.75) is 38.8 Å². The van der Waals surface area contributed by atoms with Crippen molar-refractivity contribution in [1.82, 2.24) is 9.80 Å². The van der Waals surface area contributed by atoms with Gasteiger partial charge in [0.2, 0.25) is 5.91 Å². The van der Waals surface area contributed by atoms with Crippen molar-refractivity contribution >= 4 is 12.0 Å². The average molecular weight is 378 g/mol. The maximum atomic E-state index is 12.3. The van der Waals surface area contributed by atoms with Gasteiger partial charge in [-0.2, -0.15) is 0 Å². The van der Waals surface area contributed by atoms with Crippen LogP contribution in [0, 0.1) is 0 Å². The normalized spacial score (nSPS) is 16.9. The second-order valence-corrected chi connectivity index (χ2v) is 7.59. The molecule has 0 saturated carbocycles. The Morgan fingerprint density at radius 1 is 1.19 bits per heavy atom. The lowest BCUT2D eigenvalue weighted by atomic mass is 10.2. The van der Waals surface area contributed by atoms with Gasteiger partial charge in [-0.1, -0.05) is 18.2 Å². The summed E-state index contributed by atoms with van der Waals surface area (Å²) in [6.45, 7) is 7.31. The number of amides is 2. The largest absolute Gasteiger partial charge is 0.491 e. The maximum Gasteiger partial charge on any atom is 0.410 e. The van der Waals surface area contributed by atoms with Crippen molar-refractivity contribution in [2.75, 3.05) is 40.0 Å². The maximum absolute atomic E-state index is 12.3. The van der Waals surface area contributed by atoms with Gasteiger partial charge in [0.25, 0.3) is 0 Å². The van der Waals surface area contributed by atoms with Gasteiger partial charge in [-0.3, -0.25) is 4.79 Å². The fourth-order valence-corrected chi connectivity index (χ4v) is 2.75. The Labute approximate surface area is 161 Å². The van der Waals surface area contributed by atoms with Crippen LogP contribution >= 0.6 is 0 Å². The molecule has 150 valence electrons. The lowest BCUT2D eigenvalue weighted by Gasteiger charge is -2.26. The number of para-hydroxylation sites is 1. The lowest BCUT2D eigenvalue weighted by Crippen LogP contribution is -2.42. The van der Waals surface area contributed by atoms with Gasteiger partial charge in [0.05, 0.1) is 12.6 Å². The molecule has 27 heavy (non-hydrogen) atoms. The standard InChI is InChI=1S/C20H30N2O5/c1-20(2,3)27-19(24)22-11-10-16(14-22)21(4)18(23)15-25-12-13-26-17-8-6-5-7-9-17/h5-9,16H,10-15H2,1-4H3/t16-/m0/s1. The highest BCUT2D eigenvalue weighted by Crippen LogP contribution is 2.18. The van der Waals surface area contributed by atoms with Crippen LogP contribution in [0.15, 0.2) is 30.3 Å². The van der Waals surface area contributed by atoms with Gasteiger partial charge in [-0.05, 0) is 39.3 Å². The zero-order valence-electron chi connectivity index (χ0n) is 16.6. The molecule has 1 fully saturated rings. The van der Waals surface area contributed by atoms with Crippen LogP contribution in [0.1, 0.15) is 27.2 Å². The molecule has 7 nitrogen and oxygen atoms in total. The minimum atomic E-state index is -0.521. The summed E-state index contributed by atoms with van der Waals surface area (Å²) < 4.78 is 16.3. The van der Waals surface area contributed by atoms with Gasteiger partial charge >= 0.3 is 6.09 Å². The van der Waals surface area contributed by atoms with Gasteiger partial charge < -0.3 is 24.0 Å². The second kappa shape index (κ2) is 9.60. The molecule has 0 bridgehead atoms. The van der Waals surface area contributed by atoms with E-state index < -0.39 is 5.60 Å². The number of carbonyl (C=O) groups excluding carboxylic acids is 2. The molecular formula is C20H30N2O5. The molecule has 1 saturated heterocycles. The molecule has 2 rings (SSSR count). The lowest BCUT2D eigenvalue weighted by molar-refractivity contribution is -0.136. The van der Waals surface area contributed by atoms with Crippen LogP contribution in [-0.4, -0.2) is 73.4 Å². The van der Waals surface area contributed by atoms with Crippen molar-refractivity contribution in [1.29, 1.82) is 0 Å². The molecule has 1 aliphatic rings. The number of nitrogens with zero attached hydrogens (tertiary/aromatic N) is 2. The zero-order chi connectivity index (χ0) is 19.9. The van der Waals surface area contributed by atoms with Crippen molar-refractivity contribution in [3.8, 4) is 5.75 Å². The van der Waals surface area contributed by atoms with Crippen molar-refractivity contribution < 1.29 is 23.8 Å². The molecule has 0 spiro atoms. The molecule has 1 aromatic rings. The molecule has 0 unspecified atom stereocenters. The Balaban J connectivity index is 1.65. The van der Waals surface area contributed by atoms with E-state index in [4.69, 9.17) is 14.2 Å². The third kappa shape index (κ3) is 7.09. The molecule has 0 aliphatic carbocycles. The van der Waals surface area contributed by atoms with E-state index in [0.717, 1.165) is 12.2 Å². The van der Waals surface area contributed by atoms with Gasteiger partial charge in [0, 0.05) is 20.1 Å². The molecule has 0 radical (unpaired) electrons. The Kier molecular flexibility index (Phi) is 7.47. The van der Waals surface area contributed by atoms with E-state index in [0.29, 0.717) is 26.3 Å². The number of ether oxygens (including phenoxy) is 3. The number of carbonyl (C=O) groups is 2. The molecule has 1 aliphatic heterocycles. The van der Waals surface area contributed by atoms with E-state index in [2.05, 4.69) is 0 Å². The Hall–Kier alpha value is -2.28. The smallest absolute Gasteiger partial charge is 0.410 e. The highest BCUT2D eigenvalue weighted by Gasteiger charge is 2.33. The number of likely N-dealkylation sites (tertiary alicyclic amines) is 1. The van der Waals surface area contributed by atoms with E-state index in [9.17, 15) is 9.59 Å². The first-order valence-corrected chi connectivity index (χ1v) is 9.25. The van der Waals surface area contributed by atoms with E-state index in [1.807, 2.05) is 51.1 Å². The van der Waals surface area contributed by atoms with E-state index >= 15 is 0 Å². The van der Waals surface area contributed by atoms with Gasteiger partial charge in [0.1, 0.15) is 24.6 Å². The van der Waals surface area contributed by atoms with Crippen LogP contribution in [0.25, 0.3) is 0 Å². The summed E-state index contributed by atoms with van der Waals surface area (Å²) in [6, 6.07) is 9.44. The minimum Gasteiger partial charge on any atom is -0.491 e. The third-order valence-electron chi connectivity index (χ3n) is 4.22. The Morgan fingerprint density at radius 2 is 1.89 bits per heavy atom. The van der Waals surface area contributed by atoms with Crippen molar-refractivity contribution in [3.63, 3.8) is 0 Å². The fourth-order valence-electron chi connectivity index (χ4n) is 2.75. The first-order chi connectivity index (χ1) is 12.8. The van der Waals surface area contributed by atoms with Crippen LogP contribution in [0.5, 0.6) is 5.75 Å². The molecule has 2 amide bonds. The van der Waals surface area contributed by atoms with Crippen molar-refractivity contribution in [3.05, 3.63) is 30.3 Å². The quantitative estimate of drug-likeness (QED) is 0.682. The first-order valence-electron chi connectivity index (χ1n) is 9.25. The number of rotatable bonds is 7. The molecule has 0 N–H and O–H groups in total. The van der Waals surface area contributed by atoms with Crippen LogP contribution < -0.4 is 4.74 Å². The van der Waals surface area contributed by atoms with Gasteiger partial charge in [-0.15, -0.1) is 0 Å². The molecule has 1 aromatic carbocycles. The Morgan fingerprint density at radius 3 is 2.56 bits per heavy atom. The zero-order valence-corrected chi connectivity index (χ0v) is 16.6. The highest BCUT2D eigenvalue weighted by atomic mass is 16.6. The second-order valence-electron chi connectivity index (χ2n) is 7.59. The predicted molar refractivity (Wildman–Crippen MR) is 102 cm³/mol. The van der Waals surface area contributed by atoms with Gasteiger partial charge in [0.15, 0.2) is 0 Å². The summed E-state index contributed by atoms with van der Waals surface area (Å²) in [5, 5.41) is 0. The van der Waals surface area contributed by atoms with E-state index in [1.165, 1.54) is 0 Å². The topological polar surface area (TPSA) is 68.3 Å². The summed E-state index contributed by atoms with van der Waals surface area (Å²) in [4.78, 5) is 27.7. The number of hydrogen-bond acceptors (Lipinski definition) is 5. The van der Waals surface area contributed by atoms with Gasteiger partial charge in [-0.25, -0.2) is 4.79 Å². The molecule has 1 atom stereocenters. The molecule has 1 heterocycles. The summed E-state index contributed by atoms with van der Waals surface area (Å²) >= 11 is 0. The molecular weight excluding hydrogens is 348 g/mol. The predicted octanol–water partition coefficient (Wildman–Crippen LogP) is 2.55. The van der Waals surface area contributed by atoms with Crippen LogP contribution in [0.2, 0.25) is 0 Å². The van der Waals surface area contributed by atoms with Crippen LogP contribution in [0.3, 0.4) is 0 Å². The summed E-state index contributed by atoms with van der Waals surface area (Å²) in [7, 11) is 1.75. The van der Waals surface area contributed by atoms with E-state index in [-0.39, 0.29) is 24.6 Å². The van der Waals surface area contributed by atoms with Crippen LogP contribution in [0.4, 0.5) is 4.79 Å². The SMILES string of the molecule is CN(C(=O)COCCOc1ccccc1)[C@H]1CCN(C(=O)OC(C)(C)C)C1. The van der Waals surface area contributed by atoms with E-state index in [1.54, 1.807) is 16.8 Å². The summed E-state index contributed by atoms with van der Waals surface area (Å²) in [5.41, 5.74) is -0.521. The number of likely N-dealkylation sites (N-methyl/N-ethyl adjacent to an activating group) is 1. The average Bonchev–Trinajstić information content (AvgIpc) is 3.10. The summed E-state index contributed by atoms with van der Waals surface area (Å²) in [6.07, 6.45) is 0.402. The minimum absolute atomic E-state index is 0.00239. The number of benzene rings is 1. The number of hydrogen-bond donors (Lipinski definition) is 0. The first kappa shape index (κ1) is 21.0. The van der Waals surface area contributed by atoms with Crippen molar-refractivity contribution in [2.24, 2.45) is 0 Å². The Bertz CT molecular complexity index is 615. The fraction of sp³-hybridized carbons (Fsp3) is 0.600. The van der Waals surface area contributed by atoms with Crippen LogP contribution in [-0.2, 0) is 14.3 Å². The molecule has 7 heteroatoms. The highest BCUT2D eigenvalue weighted by molar-refractivity contribution is 5.77. The molecule has 0 aromatic heterocycles. The monoisotopic (exact) mass is 378 g/mol. The summed E-state index contributed by atoms with van der Waals surface area (Å²) in [5.74, 6) is 0.670.